The Kier molecular flexibility index (Phi) is 4.73. The normalized spacial score (nSPS) is 19.0. The first kappa shape index (κ1) is 19.5. The van der Waals surface area contributed by atoms with Crippen LogP contribution in [0.1, 0.15) is 52.1 Å². The number of benzene rings is 2. The number of hydrogen-bond acceptors (Lipinski definition) is 4. The van der Waals surface area contributed by atoms with Gasteiger partial charge in [0, 0.05) is 50.7 Å². The molecule has 0 bridgehead atoms. The summed E-state index contributed by atoms with van der Waals surface area (Å²) in [7, 11) is 0. The molecule has 0 saturated heterocycles. The third-order valence-corrected chi connectivity index (χ3v) is 7.53. The molecule has 3 heterocycles. The van der Waals surface area contributed by atoms with Crippen LogP contribution in [0.25, 0.3) is 11.0 Å². The molecule has 32 heavy (non-hydrogen) atoms. The highest BCUT2D eigenvalue weighted by molar-refractivity contribution is 5.94. The third kappa shape index (κ3) is 3.28. The van der Waals surface area contributed by atoms with E-state index in [1.165, 1.54) is 41.7 Å². The monoisotopic (exact) mass is 425 g/mol. The minimum absolute atomic E-state index is 0.0249. The van der Waals surface area contributed by atoms with Gasteiger partial charge in [-0.25, -0.2) is 4.98 Å². The minimum Gasteiger partial charge on any atom is -0.334 e. The fraction of sp³-hybridized carbons (Fsp3) is 0.423. The van der Waals surface area contributed by atoms with Gasteiger partial charge in [-0.05, 0) is 66.8 Å². The van der Waals surface area contributed by atoms with E-state index in [-0.39, 0.29) is 5.91 Å². The molecule has 162 valence electrons. The summed E-state index contributed by atoms with van der Waals surface area (Å²) in [5, 5.41) is 8.98. The maximum absolute atomic E-state index is 13.0. The molecule has 0 atom stereocenters. The first-order valence-electron chi connectivity index (χ1n) is 11.7. The molecular weight excluding hydrogens is 398 g/mol. The van der Waals surface area contributed by atoms with Crippen molar-refractivity contribution in [1.82, 2.24) is 19.4 Å². The Bertz CT molecular complexity index is 1230. The minimum atomic E-state index is 0.0249. The molecule has 2 aromatic carbocycles. The number of hydrogen-bond donors (Lipinski definition) is 0. The maximum atomic E-state index is 13.0. The largest absolute Gasteiger partial charge is 0.334 e. The number of fused-ring (bicyclic) bond motifs is 4. The molecule has 3 aliphatic rings. The van der Waals surface area contributed by atoms with E-state index in [0.717, 1.165) is 44.0 Å². The fourth-order valence-electron chi connectivity index (χ4n) is 5.41. The topological polar surface area (TPSA) is 65.2 Å². The Balaban J connectivity index is 1.24. The van der Waals surface area contributed by atoms with Crippen LogP contribution in [0, 0.1) is 11.3 Å². The number of aromatic nitrogens is 2. The van der Waals surface area contributed by atoms with Crippen LogP contribution >= 0.6 is 0 Å². The number of nitrogens with zero attached hydrogens (tertiary/aromatic N) is 5. The van der Waals surface area contributed by atoms with Gasteiger partial charge in [0.2, 0.25) is 0 Å². The molecule has 6 heteroatoms. The van der Waals surface area contributed by atoms with E-state index < -0.39 is 0 Å². The van der Waals surface area contributed by atoms with Gasteiger partial charge in [-0.3, -0.25) is 9.69 Å². The molecule has 1 aromatic heterocycles. The molecule has 0 spiro atoms. The number of rotatable bonds is 2. The molecular formula is C26H27N5O. The molecule has 0 unspecified atom stereocenters. The van der Waals surface area contributed by atoms with Crippen molar-refractivity contribution in [3.63, 3.8) is 0 Å². The zero-order valence-corrected chi connectivity index (χ0v) is 18.3. The second kappa shape index (κ2) is 7.75. The smallest absolute Gasteiger partial charge is 0.254 e. The van der Waals surface area contributed by atoms with Gasteiger partial charge in [0.1, 0.15) is 5.82 Å². The van der Waals surface area contributed by atoms with Gasteiger partial charge >= 0.3 is 0 Å². The van der Waals surface area contributed by atoms with E-state index in [1.54, 1.807) is 24.3 Å². The molecule has 1 saturated carbocycles. The van der Waals surface area contributed by atoms with Crippen LogP contribution in [-0.2, 0) is 25.9 Å². The van der Waals surface area contributed by atoms with Gasteiger partial charge in [-0.2, -0.15) is 5.26 Å². The molecule has 1 amide bonds. The molecule has 0 N–H and O–H groups in total. The Labute approximate surface area is 188 Å². The Morgan fingerprint density at radius 1 is 1.00 bits per heavy atom. The van der Waals surface area contributed by atoms with Gasteiger partial charge in [0.25, 0.3) is 5.91 Å². The first-order chi connectivity index (χ1) is 15.7. The molecule has 6 rings (SSSR count). The zero-order valence-electron chi connectivity index (χ0n) is 18.3. The highest BCUT2D eigenvalue weighted by atomic mass is 16.2. The lowest BCUT2D eigenvalue weighted by Crippen LogP contribution is -2.41. The Morgan fingerprint density at radius 2 is 1.84 bits per heavy atom. The number of carbonyl (C=O) groups excluding carboxylic acids is 1. The van der Waals surface area contributed by atoms with Crippen LogP contribution in [0.15, 0.2) is 36.4 Å². The van der Waals surface area contributed by atoms with Crippen molar-refractivity contribution in [3.05, 3.63) is 64.5 Å². The average molecular weight is 426 g/mol. The second-order valence-electron chi connectivity index (χ2n) is 9.33. The van der Waals surface area contributed by atoms with E-state index in [0.29, 0.717) is 24.2 Å². The van der Waals surface area contributed by atoms with E-state index in [4.69, 9.17) is 10.2 Å². The van der Waals surface area contributed by atoms with Crippen molar-refractivity contribution in [1.29, 1.82) is 5.26 Å². The van der Waals surface area contributed by atoms with Crippen LogP contribution in [0.5, 0.6) is 0 Å². The van der Waals surface area contributed by atoms with Gasteiger partial charge in [0.05, 0.1) is 22.7 Å². The average Bonchev–Trinajstić information content (AvgIpc) is 3.00. The predicted molar refractivity (Wildman–Crippen MR) is 122 cm³/mol. The van der Waals surface area contributed by atoms with Gasteiger partial charge in [0.15, 0.2) is 0 Å². The summed E-state index contributed by atoms with van der Waals surface area (Å²) >= 11 is 0. The summed E-state index contributed by atoms with van der Waals surface area (Å²) in [5.41, 5.74) is 6.06. The van der Waals surface area contributed by atoms with Gasteiger partial charge in [-0.15, -0.1) is 0 Å². The van der Waals surface area contributed by atoms with Crippen LogP contribution in [0.4, 0.5) is 0 Å². The standard InChI is InChI=1S/C26H27N5O/c27-16-18-4-6-19(7-5-18)26(32)30-10-8-20-15-24-23(14-21(20)17-30)28-25-9-11-29(12-13-31(24)25)22-2-1-3-22/h4-7,14-15,22H,1-3,8-13,17H2. The zero-order chi connectivity index (χ0) is 21.7. The van der Waals surface area contributed by atoms with Gasteiger partial charge < -0.3 is 9.47 Å². The van der Waals surface area contributed by atoms with Crippen molar-refractivity contribution >= 4 is 16.9 Å². The maximum Gasteiger partial charge on any atom is 0.254 e. The summed E-state index contributed by atoms with van der Waals surface area (Å²) in [6.45, 7) is 4.58. The molecule has 3 aromatic rings. The lowest BCUT2D eigenvalue weighted by Gasteiger charge is -2.36. The number of carbonyl (C=O) groups is 1. The van der Waals surface area contributed by atoms with E-state index in [2.05, 4.69) is 27.7 Å². The summed E-state index contributed by atoms with van der Waals surface area (Å²) in [4.78, 5) is 22.6. The van der Waals surface area contributed by atoms with E-state index in [9.17, 15) is 4.79 Å². The number of imidazole rings is 1. The molecule has 1 fully saturated rings. The van der Waals surface area contributed by atoms with Crippen molar-refractivity contribution in [3.8, 4) is 6.07 Å². The SMILES string of the molecule is N#Cc1ccc(C(=O)N2CCc3cc4c(cc3C2)nc2n4CCN(C3CCC3)CC2)cc1. The quantitative estimate of drug-likeness (QED) is 0.630. The summed E-state index contributed by atoms with van der Waals surface area (Å²) in [6, 6.07) is 14.3. The third-order valence-electron chi connectivity index (χ3n) is 7.53. The first-order valence-corrected chi connectivity index (χ1v) is 11.7. The molecule has 1 aliphatic carbocycles. The van der Waals surface area contributed by atoms with Crippen LogP contribution in [0.2, 0.25) is 0 Å². The lowest BCUT2D eigenvalue weighted by molar-refractivity contribution is 0.0735. The van der Waals surface area contributed by atoms with E-state index >= 15 is 0 Å². The highest BCUT2D eigenvalue weighted by Crippen LogP contribution is 2.30. The Morgan fingerprint density at radius 3 is 2.59 bits per heavy atom. The van der Waals surface area contributed by atoms with Crippen LogP contribution in [0.3, 0.4) is 0 Å². The van der Waals surface area contributed by atoms with Crippen molar-refractivity contribution in [2.75, 3.05) is 19.6 Å². The summed E-state index contributed by atoms with van der Waals surface area (Å²) in [6.07, 6.45) is 5.97. The Hall–Kier alpha value is -3.17. The molecule has 6 nitrogen and oxygen atoms in total. The van der Waals surface area contributed by atoms with Crippen molar-refractivity contribution in [2.24, 2.45) is 0 Å². The van der Waals surface area contributed by atoms with Crippen molar-refractivity contribution < 1.29 is 4.79 Å². The summed E-state index contributed by atoms with van der Waals surface area (Å²) in [5.74, 6) is 1.23. The lowest BCUT2D eigenvalue weighted by atomic mass is 9.91. The summed E-state index contributed by atoms with van der Waals surface area (Å²) < 4.78 is 2.43. The highest BCUT2D eigenvalue weighted by Gasteiger charge is 2.28. The van der Waals surface area contributed by atoms with Gasteiger partial charge in [-0.1, -0.05) is 6.42 Å². The predicted octanol–water partition coefficient (Wildman–Crippen LogP) is 3.52. The second-order valence-corrected chi connectivity index (χ2v) is 9.33. The van der Waals surface area contributed by atoms with E-state index in [1.807, 2.05) is 4.90 Å². The molecule has 2 aliphatic heterocycles. The van der Waals surface area contributed by atoms with Crippen LogP contribution in [-0.4, -0.2) is 50.9 Å². The number of nitriles is 1. The van der Waals surface area contributed by atoms with Crippen molar-refractivity contribution in [2.45, 2.75) is 51.2 Å². The molecule has 0 radical (unpaired) electrons. The number of amides is 1. The van der Waals surface area contributed by atoms with Crippen LogP contribution < -0.4 is 0 Å². The fourth-order valence-corrected chi connectivity index (χ4v) is 5.41.